The van der Waals surface area contributed by atoms with E-state index in [4.69, 9.17) is 4.74 Å². The summed E-state index contributed by atoms with van der Waals surface area (Å²) in [5, 5.41) is 0.782. The summed E-state index contributed by atoms with van der Waals surface area (Å²) in [5.41, 5.74) is 0. The van der Waals surface area contributed by atoms with E-state index in [-0.39, 0.29) is 17.9 Å². The fourth-order valence-electron chi connectivity index (χ4n) is 2.80. The van der Waals surface area contributed by atoms with Crippen molar-refractivity contribution in [2.75, 3.05) is 19.4 Å². The average Bonchev–Trinajstić information content (AvgIpc) is 3.13. The summed E-state index contributed by atoms with van der Waals surface area (Å²) in [5.74, 6) is 1.12. The van der Waals surface area contributed by atoms with Gasteiger partial charge in [0.1, 0.15) is 6.04 Å². The first-order chi connectivity index (χ1) is 9.72. The first-order valence-electron chi connectivity index (χ1n) is 7.38. The second-order valence-electron chi connectivity index (χ2n) is 5.34. The van der Waals surface area contributed by atoms with Crippen LogP contribution in [0.2, 0.25) is 0 Å². The van der Waals surface area contributed by atoms with Crippen molar-refractivity contribution in [1.29, 1.82) is 0 Å². The number of hydrogen-bond acceptors (Lipinski definition) is 5. The normalized spacial score (nSPS) is 25.9. The van der Waals surface area contributed by atoms with Crippen molar-refractivity contribution in [1.82, 2.24) is 4.90 Å². The van der Waals surface area contributed by atoms with Crippen molar-refractivity contribution >= 4 is 33.5 Å². The standard InChI is InChI=1S/C14H23NO3S2/c1-18-14(17)12-6-4-9-15(12)13(16)7-3-2-5-11-8-10-19-20-11/h11-12H,2-10H2,1H3. The van der Waals surface area contributed by atoms with E-state index in [1.807, 2.05) is 21.6 Å². The van der Waals surface area contributed by atoms with E-state index in [2.05, 4.69) is 0 Å². The summed E-state index contributed by atoms with van der Waals surface area (Å²) in [6.07, 6.45) is 6.78. The van der Waals surface area contributed by atoms with Gasteiger partial charge in [0.15, 0.2) is 0 Å². The molecule has 2 fully saturated rings. The highest BCUT2D eigenvalue weighted by Gasteiger charge is 2.34. The minimum atomic E-state index is -0.339. The van der Waals surface area contributed by atoms with Gasteiger partial charge in [-0.3, -0.25) is 4.79 Å². The first-order valence-corrected chi connectivity index (χ1v) is 9.76. The Morgan fingerprint density at radius 2 is 2.15 bits per heavy atom. The van der Waals surface area contributed by atoms with E-state index < -0.39 is 0 Å². The zero-order chi connectivity index (χ0) is 14.4. The Bertz CT molecular complexity index is 345. The van der Waals surface area contributed by atoms with Crippen LogP contribution < -0.4 is 0 Å². The molecule has 1 amide bonds. The molecular weight excluding hydrogens is 294 g/mol. The molecule has 6 heteroatoms. The summed E-state index contributed by atoms with van der Waals surface area (Å²) >= 11 is 0. The van der Waals surface area contributed by atoms with Crippen LogP contribution in [-0.4, -0.2) is 47.5 Å². The van der Waals surface area contributed by atoms with Crippen LogP contribution in [0.3, 0.4) is 0 Å². The summed E-state index contributed by atoms with van der Waals surface area (Å²) in [6.45, 7) is 0.702. The third-order valence-corrected chi connectivity index (χ3v) is 6.95. The summed E-state index contributed by atoms with van der Waals surface area (Å²) < 4.78 is 4.77. The van der Waals surface area contributed by atoms with Gasteiger partial charge in [0.05, 0.1) is 7.11 Å². The fraction of sp³-hybridized carbons (Fsp3) is 0.857. The number of unbranched alkanes of at least 4 members (excludes halogenated alkanes) is 1. The predicted octanol–water partition coefficient (Wildman–Crippen LogP) is 2.86. The topological polar surface area (TPSA) is 46.6 Å². The van der Waals surface area contributed by atoms with Crippen LogP contribution in [0.1, 0.15) is 44.9 Å². The number of likely N-dealkylation sites (tertiary alicyclic amines) is 1. The van der Waals surface area contributed by atoms with E-state index >= 15 is 0 Å². The van der Waals surface area contributed by atoms with E-state index in [0.29, 0.717) is 13.0 Å². The molecule has 2 aliphatic rings. The number of esters is 1. The molecule has 2 unspecified atom stereocenters. The number of amides is 1. The van der Waals surface area contributed by atoms with Crippen molar-refractivity contribution in [3.8, 4) is 0 Å². The maximum atomic E-state index is 12.2. The highest BCUT2D eigenvalue weighted by Crippen LogP contribution is 2.39. The van der Waals surface area contributed by atoms with Crippen LogP contribution in [0.15, 0.2) is 0 Å². The zero-order valence-corrected chi connectivity index (χ0v) is 13.6. The van der Waals surface area contributed by atoms with Crippen molar-refractivity contribution in [3.63, 3.8) is 0 Å². The lowest BCUT2D eigenvalue weighted by molar-refractivity contribution is -0.151. The van der Waals surface area contributed by atoms with Crippen LogP contribution in [0.5, 0.6) is 0 Å². The molecule has 2 saturated heterocycles. The quantitative estimate of drug-likeness (QED) is 0.428. The Labute approximate surface area is 128 Å². The second kappa shape index (κ2) is 8.17. The first kappa shape index (κ1) is 16.0. The number of ether oxygens (including phenoxy) is 1. The molecule has 2 atom stereocenters. The Morgan fingerprint density at radius 1 is 1.30 bits per heavy atom. The summed E-state index contributed by atoms with van der Waals surface area (Å²) in [4.78, 5) is 25.5. The Morgan fingerprint density at radius 3 is 2.85 bits per heavy atom. The highest BCUT2D eigenvalue weighted by atomic mass is 33.1. The number of hydrogen-bond donors (Lipinski definition) is 0. The maximum Gasteiger partial charge on any atom is 0.328 e. The summed E-state index contributed by atoms with van der Waals surface area (Å²) in [7, 11) is 5.35. The predicted molar refractivity (Wildman–Crippen MR) is 83.7 cm³/mol. The highest BCUT2D eigenvalue weighted by molar-refractivity contribution is 8.77. The minimum Gasteiger partial charge on any atom is -0.467 e. The Kier molecular flexibility index (Phi) is 6.55. The fourth-order valence-corrected chi connectivity index (χ4v) is 5.83. The maximum absolute atomic E-state index is 12.2. The molecule has 2 heterocycles. The minimum absolute atomic E-state index is 0.117. The van der Waals surface area contributed by atoms with Gasteiger partial charge in [-0.2, -0.15) is 0 Å². The van der Waals surface area contributed by atoms with Gasteiger partial charge in [0.2, 0.25) is 5.91 Å². The molecular formula is C14H23NO3S2. The Hall–Kier alpha value is -0.360. The van der Waals surface area contributed by atoms with Crippen molar-refractivity contribution < 1.29 is 14.3 Å². The molecule has 0 spiro atoms. The summed E-state index contributed by atoms with van der Waals surface area (Å²) in [6, 6.07) is -0.339. The molecule has 0 aromatic rings. The van der Waals surface area contributed by atoms with E-state index in [0.717, 1.165) is 30.9 Å². The molecule has 114 valence electrons. The second-order valence-corrected chi connectivity index (χ2v) is 8.13. The molecule has 0 radical (unpaired) electrons. The van der Waals surface area contributed by atoms with Crippen LogP contribution >= 0.6 is 21.6 Å². The van der Waals surface area contributed by atoms with Crippen LogP contribution in [0.25, 0.3) is 0 Å². The number of rotatable bonds is 6. The van der Waals surface area contributed by atoms with E-state index in [9.17, 15) is 9.59 Å². The molecule has 4 nitrogen and oxygen atoms in total. The van der Waals surface area contributed by atoms with Gasteiger partial charge in [-0.25, -0.2) is 4.79 Å². The lowest BCUT2D eigenvalue weighted by atomic mass is 10.1. The molecule has 2 rings (SSSR count). The lowest BCUT2D eigenvalue weighted by Crippen LogP contribution is -2.40. The Balaban J connectivity index is 1.67. The molecule has 0 bridgehead atoms. The van der Waals surface area contributed by atoms with Gasteiger partial charge in [-0.15, -0.1) is 0 Å². The van der Waals surface area contributed by atoms with E-state index in [1.165, 1.54) is 25.7 Å². The van der Waals surface area contributed by atoms with Gasteiger partial charge in [-0.05, 0) is 32.1 Å². The zero-order valence-electron chi connectivity index (χ0n) is 12.0. The molecule has 2 aliphatic heterocycles. The van der Waals surface area contributed by atoms with Crippen molar-refractivity contribution in [2.24, 2.45) is 0 Å². The van der Waals surface area contributed by atoms with Gasteiger partial charge in [0, 0.05) is 24.0 Å². The average molecular weight is 317 g/mol. The van der Waals surface area contributed by atoms with Gasteiger partial charge in [-0.1, -0.05) is 28.0 Å². The molecule has 20 heavy (non-hydrogen) atoms. The molecule has 0 aliphatic carbocycles. The smallest absolute Gasteiger partial charge is 0.328 e. The third-order valence-electron chi connectivity index (χ3n) is 3.94. The number of methoxy groups -OCH3 is 1. The van der Waals surface area contributed by atoms with Crippen molar-refractivity contribution in [3.05, 3.63) is 0 Å². The van der Waals surface area contributed by atoms with Crippen LogP contribution in [0.4, 0.5) is 0 Å². The number of carbonyl (C=O) groups excluding carboxylic acids is 2. The lowest BCUT2D eigenvalue weighted by Gasteiger charge is -2.22. The monoisotopic (exact) mass is 317 g/mol. The SMILES string of the molecule is COC(=O)C1CCCN1C(=O)CCCCC1CCSS1. The van der Waals surface area contributed by atoms with Crippen LogP contribution in [-0.2, 0) is 14.3 Å². The van der Waals surface area contributed by atoms with Gasteiger partial charge < -0.3 is 9.64 Å². The largest absolute Gasteiger partial charge is 0.467 e. The molecule has 0 aromatic heterocycles. The third kappa shape index (κ3) is 4.32. The van der Waals surface area contributed by atoms with Crippen LogP contribution in [0, 0.1) is 0 Å². The molecule has 0 aromatic carbocycles. The van der Waals surface area contributed by atoms with E-state index in [1.54, 1.807) is 4.90 Å². The molecule has 0 N–H and O–H groups in total. The number of nitrogens with zero attached hydrogens (tertiary/aromatic N) is 1. The van der Waals surface area contributed by atoms with Gasteiger partial charge in [0.25, 0.3) is 0 Å². The van der Waals surface area contributed by atoms with Crippen molar-refractivity contribution in [2.45, 2.75) is 56.2 Å². The number of carbonyl (C=O) groups is 2. The van der Waals surface area contributed by atoms with Gasteiger partial charge >= 0.3 is 5.97 Å². The molecule has 0 saturated carbocycles.